The Morgan fingerprint density at radius 2 is 2.11 bits per heavy atom. The highest BCUT2D eigenvalue weighted by Crippen LogP contribution is 2.22. The first-order chi connectivity index (χ1) is 8.68. The maximum atomic E-state index is 13.6. The molecular formula is C13H11FN2OS. The van der Waals surface area contributed by atoms with Crippen LogP contribution in [0, 0.1) is 5.82 Å². The van der Waals surface area contributed by atoms with E-state index in [9.17, 15) is 4.39 Å². The van der Waals surface area contributed by atoms with E-state index < -0.39 is 5.82 Å². The molecule has 0 atom stereocenters. The summed E-state index contributed by atoms with van der Waals surface area (Å²) >= 11 is 4.81. The first-order valence-corrected chi connectivity index (χ1v) is 5.70. The molecule has 0 bridgehead atoms. The summed E-state index contributed by atoms with van der Waals surface area (Å²) in [5.41, 5.74) is 6.35. The van der Waals surface area contributed by atoms with Crippen LogP contribution in [-0.4, -0.2) is 9.97 Å². The molecule has 0 spiro atoms. The normalized spacial score (nSPS) is 10.1. The largest absolute Gasteiger partial charge is 0.486 e. The minimum Gasteiger partial charge on any atom is -0.486 e. The van der Waals surface area contributed by atoms with Crippen molar-refractivity contribution in [3.8, 4) is 5.75 Å². The van der Waals surface area contributed by atoms with Gasteiger partial charge in [-0.05, 0) is 24.3 Å². The van der Waals surface area contributed by atoms with Gasteiger partial charge in [0.1, 0.15) is 23.2 Å². The van der Waals surface area contributed by atoms with Crippen molar-refractivity contribution in [2.45, 2.75) is 6.61 Å². The molecule has 5 heteroatoms. The van der Waals surface area contributed by atoms with Crippen LogP contribution in [0.25, 0.3) is 0 Å². The Morgan fingerprint density at radius 3 is 2.78 bits per heavy atom. The van der Waals surface area contributed by atoms with Crippen LogP contribution >= 0.6 is 12.2 Å². The highest BCUT2D eigenvalue weighted by Gasteiger charge is 2.12. The van der Waals surface area contributed by atoms with Gasteiger partial charge in [-0.3, -0.25) is 4.98 Å². The van der Waals surface area contributed by atoms with Gasteiger partial charge in [0.15, 0.2) is 0 Å². The molecule has 0 aliphatic carbocycles. The van der Waals surface area contributed by atoms with Gasteiger partial charge in [0.2, 0.25) is 0 Å². The predicted molar refractivity (Wildman–Crippen MR) is 70.9 cm³/mol. The number of rotatable bonds is 4. The van der Waals surface area contributed by atoms with Crippen molar-refractivity contribution in [3.05, 3.63) is 59.7 Å². The van der Waals surface area contributed by atoms with E-state index >= 15 is 0 Å². The number of nitrogens with zero attached hydrogens (tertiary/aromatic N) is 1. The predicted octanol–water partition coefficient (Wildman–Crippen LogP) is 2.43. The summed E-state index contributed by atoms with van der Waals surface area (Å²) in [4.78, 5) is 4.08. The lowest BCUT2D eigenvalue weighted by molar-refractivity contribution is 0.299. The average Bonchev–Trinajstić information content (AvgIpc) is 2.37. The van der Waals surface area contributed by atoms with Crippen molar-refractivity contribution in [1.29, 1.82) is 0 Å². The van der Waals surface area contributed by atoms with Gasteiger partial charge in [-0.25, -0.2) is 4.39 Å². The van der Waals surface area contributed by atoms with E-state index in [1.807, 2.05) is 18.2 Å². The lowest BCUT2D eigenvalue weighted by atomic mass is 10.2. The molecule has 1 aromatic carbocycles. The summed E-state index contributed by atoms with van der Waals surface area (Å²) < 4.78 is 19.1. The Labute approximate surface area is 109 Å². The molecule has 1 aromatic heterocycles. The highest BCUT2D eigenvalue weighted by atomic mass is 32.1. The topological polar surface area (TPSA) is 48.1 Å². The van der Waals surface area contributed by atoms with Crippen LogP contribution in [0.3, 0.4) is 0 Å². The number of thiocarbonyl (C=S) groups is 1. The minimum atomic E-state index is -0.485. The minimum absolute atomic E-state index is 0.0240. The molecule has 0 saturated heterocycles. The lowest BCUT2D eigenvalue weighted by Crippen LogP contribution is -2.14. The Hall–Kier alpha value is -2.01. The van der Waals surface area contributed by atoms with Crippen LogP contribution in [0.1, 0.15) is 11.3 Å². The van der Waals surface area contributed by atoms with Gasteiger partial charge >= 0.3 is 0 Å². The summed E-state index contributed by atoms with van der Waals surface area (Å²) in [6.07, 6.45) is 1.67. The van der Waals surface area contributed by atoms with Crippen LogP contribution in [-0.2, 0) is 6.61 Å². The molecule has 0 saturated carbocycles. The van der Waals surface area contributed by atoms with Crippen molar-refractivity contribution in [1.82, 2.24) is 4.98 Å². The molecule has 0 radical (unpaired) electrons. The summed E-state index contributed by atoms with van der Waals surface area (Å²) in [6, 6.07) is 9.95. The number of hydrogen-bond donors (Lipinski definition) is 1. The van der Waals surface area contributed by atoms with Gasteiger partial charge in [-0.15, -0.1) is 0 Å². The molecule has 2 aromatic rings. The molecule has 0 aliphatic heterocycles. The Balaban J connectivity index is 2.20. The molecule has 0 fully saturated rings. The number of benzene rings is 1. The second kappa shape index (κ2) is 5.55. The van der Waals surface area contributed by atoms with E-state index in [0.29, 0.717) is 5.75 Å². The molecule has 0 unspecified atom stereocenters. The first kappa shape index (κ1) is 12.4. The second-order valence-electron chi connectivity index (χ2n) is 3.59. The molecule has 3 nitrogen and oxygen atoms in total. The molecule has 0 amide bonds. The Bertz CT molecular complexity index is 560. The third kappa shape index (κ3) is 2.81. The lowest BCUT2D eigenvalue weighted by Gasteiger charge is -2.10. The van der Waals surface area contributed by atoms with Crippen LogP contribution in [0.5, 0.6) is 5.75 Å². The zero-order chi connectivity index (χ0) is 13.0. The first-order valence-electron chi connectivity index (χ1n) is 5.29. The van der Waals surface area contributed by atoms with E-state index in [2.05, 4.69) is 4.98 Å². The maximum absolute atomic E-state index is 13.6. The van der Waals surface area contributed by atoms with Gasteiger partial charge in [0, 0.05) is 6.20 Å². The number of aromatic nitrogens is 1. The van der Waals surface area contributed by atoms with E-state index in [1.54, 1.807) is 18.3 Å². The fourth-order valence-electron chi connectivity index (χ4n) is 1.50. The summed E-state index contributed by atoms with van der Waals surface area (Å²) in [6.45, 7) is 0.236. The maximum Gasteiger partial charge on any atom is 0.137 e. The summed E-state index contributed by atoms with van der Waals surface area (Å²) in [5.74, 6) is -0.158. The van der Waals surface area contributed by atoms with E-state index in [4.69, 9.17) is 22.7 Å². The fraction of sp³-hybridized carbons (Fsp3) is 0.0769. The van der Waals surface area contributed by atoms with Gasteiger partial charge in [-0.2, -0.15) is 0 Å². The molecule has 18 heavy (non-hydrogen) atoms. The summed E-state index contributed by atoms with van der Waals surface area (Å²) in [5, 5.41) is 0. The van der Waals surface area contributed by atoms with Crippen LogP contribution in [0.15, 0.2) is 42.6 Å². The summed E-state index contributed by atoms with van der Waals surface area (Å²) in [7, 11) is 0. The van der Waals surface area contributed by atoms with Crippen molar-refractivity contribution in [2.75, 3.05) is 0 Å². The molecule has 2 rings (SSSR count). The Morgan fingerprint density at radius 1 is 1.28 bits per heavy atom. The van der Waals surface area contributed by atoms with Gasteiger partial charge in [0.25, 0.3) is 0 Å². The zero-order valence-electron chi connectivity index (χ0n) is 9.47. The second-order valence-corrected chi connectivity index (χ2v) is 4.03. The molecule has 92 valence electrons. The van der Waals surface area contributed by atoms with E-state index in [0.717, 1.165) is 5.69 Å². The molecular weight excluding hydrogens is 251 g/mol. The van der Waals surface area contributed by atoms with Gasteiger partial charge < -0.3 is 10.5 Å². The average molecular weight is 262 g/mol. The number of pyridine rings is 1. The monoisotopic (exact) mass is 262 g/mol. The van der Waals surface area contributed by atoms with Gasteiger partial charge in [-0.1, -0.05) is 24.4 Å². The van der Waals surface area contributed by atoms with E-state index in [-0.39, 0.29) is 17.2 Å². The number of ether oxygens (including phenoxy) is 1. The number of nitrogens with two attached hydrogens (primary N) is 1. The van der Waals surface area contributed by atoms with E-state index in [1.165, 1.54) is 6.07 Å². The smallest absolute Gasteiger partial charge is 0.137 e. The van der Waals surface area contributed by atoms with Crippen molar-refractivity contribution in [2.24, 2.45) is 5.73 Å². The van der Waals surface area contributed by atoms with Crippen LogP contribution in [0.4, 0.5) is 4.39 Å². The molecule has 2 N–H and O–H groups in total. The highest BCUT2D eigenvalue weighted by molar-refractivity contribution is 7.80. The van der Waals surface area contributed by atoms with Crippen LogP contribution in [0.2, 0.25) is 0 Å². The SMILES string of the molecule is NC(=S)c1c(F)cccc1OCc1ccccn1. The van der Waals surface area contributed by atoms with Crippen molar-refractivity contribution >= 4 is 17.2 Å². The van der Waals surface area contributed by atoms with Crippen molar-refractivity contribution < 1.29 is 9.13 Å². The third-order valence-electron chi connectivity index (χ3n) is 2.32. The number of hydrogen-bond acceptors (Lipinski definition) is 3. The van der Waals surface area contributed by atoms with Crippen molar-refractivity contribution in [3.63, 3.8) is 0 Å². The third-order valence-corrected chi connectivity index (χ3v) is 2.53. The van der Waals surface area contributed by atoms with Gasteiger partial charge in [0.05, 0.1) is 11.3 Å². The molecule has 1 heterocycles. The zero-order valence-corrected chi connectivity index (χ0v) is 10.3. The fourth-order valence-corrected chi connectivity index (χ4v) is 1.70. The quantitative estimate of drug-likeness (QED) is 0.860. The Kier molecular flexibility index (Phi) is 3.84. The number of halogens is 1. The molecule has 0 aliphatic rings. The van der Waals surface area contributed by atoms with Crippen LogP contribution < -0.4 is 10.5 Å². The standard InChI is InChI=1S/C13H11FN2OS/c14-10-5-3-6-11(12(10)13(15)18)17-8-9-4-1-2-7-16-9/h1-7H,8H2,(H2,15,18).